The van der Waals surface area contributed by atoms with Crippen LogP contribution in [0.5, 0.6) is 0 Å². The number of hydrogen-bond acceptors (Lipinski definition) is 6. The Labute approximate surface area is 124 Å². The maximum atomic E-state index is 11.4. The molecule has 0 aromatic carbocycles. The van der Waals surface area contributed by atoms with E-state index in [4.69, 9.17) is 10.5 Å². The van der Waals surface area contributed by atoms with Crippen LogP contribution in [0.2, 0.25) is 0 Å². The molecule has 2 aliphatic heterocycles. The molecular weight excluding hydrogens is 270 g/mol. The predicted molar refractivity (Wildman–Crippen MR) is 79.1 cm³/mol. The first-order chi connectivity index (χ1) is 10.1. The van der Waals surface area contributed by atoms with Gasteiger partial charge < -0.3 is 20.3 Å². The van der Waals surface area contributed by atoms with Crippen LogP contribution in [-0.4, -0.2) is 60.2 Å². The topological polar surface area (TPSA) is 84.6 Å². The molecule has 21 heavy (non-hydrogen) atoms. The van der Waals surface area contributed by atoms with Crippen molar-refractivity contribution in [3.8, 4) is 0 Å². The summed E-state index contributed by atoms with van der Waals surface area (Å²) in [5, 5.41) is 0. The Morgan fingerprint density at radius 3 is 2.71 bits per heavy atom. The van der Waals surface area contributed by atoms with Gasteiger partial charge in [0.2, 0.25) is 11.9 Å². The van der Waals surface area contributed by atoms with Crippen LogP contribution in [-0.2, 0) is 9.53 Å². The molecule has 0 bridgehead atoms. The molecule has 0 unspecified atom stereocenters. The third kappa shape index (κ3) is 3.07. The van der Waals surface area contributed by atoms with Gasteiger partial charge >= 0.3 is 0 Å². The van der Waals surface area contributed by atoms with Crippen LogP contribution in [0.25, 0.3) is 0 Å². The van der Waals surface area contributed by atoms with Crippen molar-refractivity contribution in [3.05, 3.63) is 11.8 Å². The molecule has 1 amide bonds. The molecule has 2 N–H and O–H groups in total. The summed E-state index contributed by atoms with van der Waals surface area (Å²) in [5.74, 6) is 1.60. The van der Waals surface area contributed by atoms with Gasteiger partial charge in [-0.05, 0) is 6.42 Å². The molecule has 7 heteroatoms. The van der Waals surface area contributed by atoms with Crippen LogP contribution in [0.15, 0.2) is 6.07 Å². The zero-order valence-electron chi connectivity index (χ0n) is 12.3. The van der Waals surface area contributed by atoms with E-state index in [0.29, 0.717) is 18.5 Å². The molecule has 0 spiro atoms. The lowest BCUT2D eigenvalue weighted by atomic mass is 10.0. The van der Waals surface area contributed by atoms with Crippen molar-refractivity contribution in [2.45, 2.75) is 19.3 Å². The first-order valence-corrected chi connectivity index (χ1v) is 7.36. The van der Waals surface area contributed by atoms with Crippen molar-refractivity contribution in [1.29, 1.82) is 0 Å². The second kappa shape index (κ2) is 5.85. The smallest absolute Gasteiger partial charge is 0.222 e. The third-order valence-electron chi connectivity index (χ3n) is 4.15. The molecule has 0 radical (unpaired) electrons. The van der Waals surface area contributed by atoms with Crippen LogP contribution in [0.1, 0.15) is 25.0 Å². The lowest BCUT2D eigenvalue weighted by molar-refractivity contribution is -0.129. The number of piperazine rings is 1. The second-order valence-corrected chi connectivity index (χ2v) is 5.56. The van der Waals surface area contributed by atoms with Crippen molar-refractivity contribution in [3.63, 3.8) is 0 Å². The third-order valence-corrected chi connectivity index (χ3v) is 4.15. The summed E-state index contributed by atoms with van der Waals surface area (Å²) in [5.41, 5.74) is 6.82. The number of nitrogen functional groups attached to an aromatic ring is 1. The highest BCUT2D eigenvalue weighted by atomic mass is 16.5. The summed E-state index contributed by atoms with van der Waals surface area (Å²) in [6.45, 7) is 6.08. The van der Waals surface area contributed by atoms with E-state index < -0.39 is 0 Å². The molecule has 0 aliphatic carbocycles. The summed E-state index contributed by atoms with van der Waals surface area (Å²) >= 11 is 0. The highest BCUT2D eigenvalue weighted by Gasteiger charge is 2.24. The zero-order valence-corrected chi connectivity index (χ0v) is 12.3. The molecular formula is C14H21N5O2. The molecule has 1 aromatic heterocycles. The van der Waals surface area contributed by atoms with Crippen molar-refractivity contribution < 1.29 is 9.53 Å². The van der Waals surface area contributed by atoms with Gasteiger partial charge in [-0.3, -0.25) is 4.79 Å². The van der Waals surface area contributed by atoms with E-state index in [9.17, 15) is 4.79 Å². The molecule has 3 heterocycles. The van der Waals surface area contributed by atoms with Crippen LogP contribution < -0.4 is 10.6 Å². The fourth-order valence-electron chi connectivity index (χ4n) is 2.86. The van der Waals surface area contributed by atoms with Crippen LogP contribution >= 0.6 is 0 Å². The SMILES string of the molecule is CC(=O)N1CCN(c2cc([C@@H]3CCOC3)nc(N)n2)CC1. The van der Waals surface area contributed by atoms with Gasteiger partial charge in [-0.15, -0.1) is 0 Å². The van der Waals surface area contributed by atoms with Crippen LogP contribution in [0.3, 0.4) is 0 Å². The van der Waals surface area contributed by atoms with Gasteiger partial charge in [-0.2, -0.15) is 4.98 Å². The van der Waals surface area contributed by atoms with Crippen molar-refractivity contribution in [2.24, 2.45) is 0 Å². The number of carbonyl (C=O) groups excluding carboxylic acids is 1. The molecule has 2 fully saturated rings. The van der Waals surface area contributed by atoms with Crippen molar-refractivity contribution in [2.75, 3.05) is 50.0 Å². The molecule has 1 atom stereocenters. The summed E-state index contributed by atoms with van der Waals surface area (Å²) in [6, 6.07) is 2.01. The second-order valence-electron chi connectivity index (χ2n) is 5.56. The number of aromatic nitrogens is 2. The minimum absolute atomic E-state index is 0.126. The lowest BCUT2D eigenvalue weighted by Crippen LogP contribution is -2.48. The van der Waals surface area contributed by atoms with E-state index in [1.54, 1.807) is 6.92 Å². The number of hydrogen-bond donors (Lipinski definition) is 1. The predicted octanol–water partition coefficient (Wildman–Crippen LogP) is 0.231. The summed E-state index contributed by atoms with van der Waals surface area (Å²) in [7, 11) is 0. The lowest BCUT2D eigenvalue weighted by Gasteiger charge is -2.35. The minimum Gasteiger partial charge on any atom is -0.381 e. The number of nitrogens with zero attached hydrogens (tertiary/aromatic N) is 4. The summed E-state index contributed by atoms with van der Waals surface area (Å²) in [4.78, 5) is 24.1. The van der Waals surface area contributed by atoms with E-state index in [2.05, 4.69) is 14.9 Å². The summed E-state index contributed by atoms with van der Waals surface area (Å²) < 4.78 is 5.42. The number of carbonyl (C=O) groups is 1. The van der Waals surface area contributed by atoms with Gasteiger partial charge in [0.15, 0.2) is 0 Å². The van der Waals surface area contributed by atoms with E-state index >= 15 is 0 Å². The Morgan fingerprint density at radius 1 is 1.33 bits per heavy atom. The average Bonchev–Trinajstić information content (AvgIpc) is 3.01. The van der Waals surface area contributed by atoms with Gasteiger partial charge in [0.1, 0.15) is 5.82 Å². The van der Waals surface area contributed by atoms with Gasteiger partial charge in [0, 0.05) is 51.7 Å². The van der Waals surface area contributed by atoms with E-state index in [1.807, 2.05) is 11.0 Å². The monoisotopic (exact) mass is 291 g/mol. The number of nitrogens with two attached hydrogens (primary N) is 1. The maximum absolute atomic E-state index is 11.4. The highest BCUT2D eigenvalue weighted by Crippen LogP contribution is 2.27. The van der Waals surface area contributed by atoms with Gasteiger partial charge in [0.25, 0.3) is 0 Å². The van der Waals surface area contributed by atoms with Gasteiger partial charge in [-0.1, -0.05) is 0 Å². The van der Waals surface area contributed by atoms with Crippen molar-refractivity contribution in [1.82, 2.24) is 14.9 Å². The summed E-state index contributed by atoms with van der Waals surface area (Å²) in [6.07, 6.45) is 0.980. The van der Waals surface area contributed by atoms with E-state index in [-0.39, 0.29) is 5.91 Å². The Balaban J connectivity index is 1.74. The quantitative estimate of drug-likeness (QED) is 0.839. The minimum atomic E-state index is 0.126. The fourth-order valence-corrected chi connectivity index (χ4v) is 2.86. The normalized spacial score (nSPS) is 22.6. The van der Waals surface area contributed by atoms with Crippen LogP contribution in [0.4, 0.5) is 11.8 Å². The van der Waals surface area contributed by atoms with Crippen LogP contribution in [0, 0.1) is 0 Å². The molecule has 2 saturated heterocycles. The number of anilines is 2. The molecule has 3 rings (SSSR count). The first-order valence-electron chi connectivity index (χ1n) is 7.36. The number of ether oxygens (including phenoxy) is 1. The molecule has 7 nitrogen and oxygen atoms in total. The average molecular weight is 291 g/mol. The molecule has 2 aliphatic rings. The van der Waals surface area contributed by atoms with Gasteiger partial charge in [-0.25, -0.2) is 4.98 Å². The molecule has 1 aromatic rings. The van der Waals surface area contributed by atoms with Crippen molar-refractivity contribution >= 4 is 17.7 Å². The highest BCUT2D eigenvalue weighted by molar-refractivity contribution is 5.73. The Bertz CT molecular complexity index is 522. The number of rotatable bonds is 2. The Kier molecular flexibility index (Phi) is 3.92. The number of amides is 1. The zero-order chi connectivity index (χ0) is 14.8. The van der Waals surface area contributed by atoms with Gasteiger partial charge in [0.05, 0.1) is 12.3 Å². The maximum Gasteiger partial charge on any atom is 0.222 e. The fraction of sp³-hybridized carbons (Fsp3) is 0.643. The molecule has 0 saturated carbocycles. The standard InChI is InChI=1S/C14H21N5O2/c1-10(20)18-3-5-19(6-4-18)13-8-12(16-14(15)17-13)11-2-7-21-9-11/h8,11H,2-7,9H2,1H3,(H2,15,16,17)/t11-/m1/s1. The first kappa shape index (κ1) is 14.1. The molecule has 114 valence electrons. The van der Waals surface area contributed by atoms with E-state index in [1.165, 1.54) is 0 Å². The Morgan fingerprint density at radius 2 is 2.10 bits per heavy atom. The Hall–Kier alpha value is -1.89. The van der Waals surface area contributed by atoms with E-state index in [0.717, 1.165) is 50.7 Å². The largest absolute Gasteiger partial charge is 0.381 e.